The van der Waals surface area contributed by atoms with E-state index in [4.69, 9.17) is 28.0 Å². The van der Waals surface area contributed by atoms with Gasteiger partial charge in [-0.25, -0.2) is 0 Å². The molecule has 0 radical (unpaired) electrons. The summed E-state index contributed by atoms with van der Waals surface area (Å²) in [7, 11) is 3.68. The molecule has 11 atom stereocenters. The highest BCUT2D eigenvalue weighted by molar-refractivity contribution is 5.99. The number of carboxylic acids is 1. The Hall–Kier alpha value is -7.29. The van der Waals surface area contributed by atoms with Gasteiger partial charge in [0.05, 0.1) is 25.3 Å². The van der Waals surface area contributed by atoms with Crippen LogP contribution in [0.25, 0.3) is 0 Å². The van der Waals surface area contributed by atoms with E-state index in [1.807, 2.05) is 24.3 Å². The van der Waals surface area contributed by atoms with E-state index in [2.05, 4.69) is 52.8 Å². The lowest BCUT2D eigenvalue weighted by Gasteiger charge is -2.29. The Kier molecular flexibility index (Phi) is 32.5. The monoisotopic (exact) mass is 1140 g/mol. The van der Waals surface area contributed by atoms with Gasteiger partial charge < -0.3 is 101 Å². The number of nitrogens with two attached hydrogens (primary N) is 4. The molecule has 1 saturated heterocycles. The maximum Gasteiger partial charge on any atom is 0.322 e. The van der Waals surface area contributed by atoms with Gasteiger partial charge >= 0.3 is 5.97 Å². The Morgan fingerprint density at radius 2 is 1.12 bits per heavy atom. The topological polar surface area (TPSA) is 509 Å². The SMILES string of the molecule is C[C@H](NC(=O)[C@H](C)NC(=O)[C@@H](N)CCCCN)C(=O)N[C@@H](CCCN=C(N)N)C(=O)N[C@@H](CCCCN(C)C)C(=O)N[C@@H](CO)C(=O)N[C@@H](C)C(=O)N1CCC[C@H]1C(=O)N[C@@H](C)C(=O)N[C@H](C(=O)NCC(=O)NCC(=O)O)[C@@H](C)O. The molecule has 0 saturated carbocycles. The van der Waals surface area contributed by atoms with Crippen LogP contribution < -0.4 is 76.1 Å². The number of rotatable bonds is 37. The molecule has 80 heavy (non-hydrogen) atoms. The molecule has 1 rings (SSSR count). The number of hydrogen-bond donors (Lipinski definition) is 17. The standard InChI is InChI=1S/C48H87N17O15/c1-25(57-41(74)30(50)14-8-10-18-49)38(71)56-26(2)39(72)60-32(16-12-19-53-48(51)52)42(75)61-31(15-9-11-20-64(6)7)43(76)62-33(24-66)44(77)59-28(4)47(80)65-21-13-17-34(65)45(78)58-27(3)40(73)63-37(29(5)67)46(79)55-22-35(68)54-23-36(69)70/h25-34,37,66-67H,8-24,49-50H2,1-7H3,(H,54,68)(H,55,79)(H,56,71)(H,57,74)(H,58,78)(H,59,77)(H,60,72)(H,61,75)(H,62,76)(H,63,73)(H,69,70)(H4,51,52,53)/t25-,26-,27-,28-,29+,30-,31-,32-,33-,34-,37-/m0/s1. The zero-order valence-corrected chi connectivity index (χ0v) is 46.8. The van der Waals surface area contributed by atoms with Gasteiger partial charge in [0.2, 0.25) is 65.0 Å². The van der Waals surface area contributed by atoms with Crippen molar-refractivity contribution in [3.05, 3.63) is 0 Å². The summed E-state index contributed by atoms with van der Waals surface area (Å²) in [4.78, 5) is 163. The van der Waals surface area contributed by atoms with Crippen LogP contribution in [-0.2, 0) is 57.5 Å². The van der Waals surface area contributed by atoms with Crippen LogP contribution >= 0.6 is 0 Å². The van der Waals surface area contributed by atoms with E-state index in [-0.39, 0.29) is 44.7 Å². The molecule has 1 aliphatic heterocycles. The van der Waals surface area contributed by atoms with Gasteiger partial charge in [-0.2, -0.15) is 0 Å². The van der Waals surface area contributed by atoms with Crippen LogP contribution in [0.4, 0.5) is 0 Å². The van der Waals surface area contributed by atoms with Crippen LogP contribution in [0.5, 0.6) is 0 Å². The van der Waals surface area contributed by atoms with Crippen molar-refractivity contribution in [1.82, 2.24) is 63.0 Å². The smallest absolute Gasteiger partial charge is 0.322 e. The van der Waals surface area contributed by atoms with Crippen molar-refractivity contribution in [2.75, 3.05) is 60.0 Å². The van der Waals surface area contributed by atoms with E-state index >= 15 is 0 Å². The predicted octanol–water partition coefficient (Wildman–Crippen LogP) is -8.13. The summed E-state index contributed by atoms with van der Waals surface area (Å²) >= 11 is 0. The highest BCUT2D eigenvalue weighted by atomic mass is 16.4. The van der Waals surface area contributed by atoms with E-state index in [1.54, 1.807) is 0 Å². The Labute approximate surface area is 464 Å². The lowest BCUT2D eigenvalue weighted by atomic mass is 10.0. The molecule has 1 fully saturated rings. The summed E-state index contributed by atoms with van der Waals surface area (Å²) in [6, 6.07) is -13.0. The number of carbonyl (C=O) groups excluding carboxylic acids is 11. The van der Waals surface area contributed by atoms with E-state index in [1.165, 1.54) is 39.5 Å². The number of aliphatic carboxylic acids is 1. The number of aliphatic hydroxyl groups excluding tert-OH is 2. The average Bonchev–Trinajstić information content (AvgIpc) is 3.90. The normalized spacial score (nSPS) is 16.7. The van der Waals surface area contributed by atoms with Crippen molar-refractivity contribution in [2.24, 2.45) is 27.9 Å². The number of aliphatic hydroxyl groups is 2. The molecular formula is C48H87N17O15. The maximum atomic E-state index is 14.0. The Balaban J connectivity index is 3.15. The van der Waals surface area contributed by atoms with Gasteiger partial charge in [-0.15, -0.1) is 0 Å². The maximum absolute atomic E-state index is 14.0. The van der Waals surface area contributed by atoms with Crippen molar-refractivity contribution in [3.63, 3.8) is 0 Å². The second-order valence-corrected chi connectivity index (χ2v) is 19.7. The Morgan fingerprint density at radius 3 is 1.69 bits per heavy atom. The Bertz CT molecular complexity index is 2150. The van der Waals surface area contributed by atoms with Crippen LogP contribution in [0.1, 0.15) is 98.8 Å². The lowest BCUT2D eigenvalue weighted by molar-refractivity contribution is -0.142. The number of hydrogen-bond acceptors (Lipinski definition) is 18. The van der Waals surface area contributed by atoms with Crippen LogP contribution in [0, 0.1) is 0 Å². The molecule has 1 heterocycles. The number of aliphatic imine (C=N–C) groups is 1. The largest absolute Gasteiger partial charge is 0.480 e. The fourth-order valence-corrected chi connectivity index (χ4v) is 7.78. The third-order valence-electron chi connectivity index (χ3n) is 12.4. The number of carboxylic acid groups (broad SMARTS) is 1. The number of unbranched alkanes of at least 4 members (excludes halogenated alkanes) is 2. The first-order valence-electron chi connectivity index (χ1n) is 26.5. The van der Waals surface area contributed by atoms with Gasteiger partial charge in [-0.3, -0.25) is 62.5 Å². The van der Waals surface area contributed by atoms with Gasteiger partial charge in [-0.1, -0.05) is 6.42 Å². The third kappa shape index (κ3) is 26.6. The van der Waals surface area contributed by atoms with E-state index in [9.17, 15) is 67.7 Å². The lowest BCUT2D eigenvalue weighted by Crippen LogP contribution is -2.60. The van der Waals surface area contributed by atoms with Crippen molar-refractivity contribution < 1.29 is 72.9 Å². The molecular weight excluding hydrogens is 1050 g/mol. The summed E-state index contributed by atoms with van der Waals surface area (Å²) in [5, 5.41) is 53.2. The summed E-state index contributed by atoms with van der Waals surface area (Å²) in [5.41, 5.74) is 22.4. The summed E-state index contributed by atoms with van der Waals surface area (Å²) in [6.07, 6.45) is 1.68. The molecule has 0 unspecified atom stereocenters. The predicted molar refractivity (Wildman–Crippen MR) is 288 cm³/mol. The molecule has 454 valence electrons. The second kappa shape index (κ2) is 36.8. The second-order valence-electron chi connectivity index (χ2n) is 19.7. The summed E-state index contributed by atoms with van der Waals surface area (Å²) < 4.78 is 0. The summed E-state index contributed by atoms with van der Waals surface area (Å²) in [6.45, 7) is 5.30. The number of amides is 11. The van der Waals surface area contributed by atoms with Gasteiger partial charge in [-0.05, 0) is 120 Å². The molecule has 1 aliphatic rings. The summed E-state index contributed by atoms with van der Waals surface area (Å²) in [5.74, 6) is -10.7. The minimum Gasteiger partial charge on any atom is -0.480 e. The van der Waals surface area contributed by atoms with Crippen LogP contribution in [0.3, 0.4) is 0 Å². The highest BCUT2D eigenvalue weighted by Gasteiger charge is 2.39. The van der Waals surface area contributed by atoms with Crippen LogP contribution in [0.15, 0.2) is 4.99 Å². The van der Waals surface area contributed by atoms with Crippen molar-refractivity contribution in [3.8, 4) is 0 Å². The first-order valence-corrected chi connectivity index (χ1v) is 26.5. The molecule has 0 spiro atoms. The fraction of sp³-hybridized carbons (Fsp3) is 0.729. The van der Waals surface area contributed by atoms with E-state index in [0.29, 0.717) is 51.6 Å². The number of carbonyl (C=O) groups is 12. The quantitative estimate of drug-likeness (QED) is 0.0156. The molecule has 32 heteroatoms. The van der Waals surface area contributed by atoms with E-state index < -0.39 is 157 Å². The first-order chi connectivity index (χ1) is 37.5. The molecule has 21 N–H and O–H groups in total. The van der Waals surface area contributed by atoms with Gasteiger partial charge in [0, 0.05) is 13.1 Å². The molecule has 0 aromatic carbocycles. The number of nitrogens with one attached hydrogen (secondary N) is 10. The minimum atomic E-state index is -1.67. The first kappa shape index (κ1) is 70.7. The number of nitrogens with zero attached hydrogens (tertiary/aromatic N) is 3. The molecule has 0 aromatic rings. The molecule has 0 aromatic heterocycles. The zero-order valence-electron chi connectivity index (χ0n) is 46.8. The Morgan fingerprint density at radius 1 is 0.613 bits per heavy atom. The van der Waals surface area contributed by atoms with Gasteiger partial charge in [0.25, 0.3) is 0 Å². The average molecular weight is 1140 g/mol. The number of likely N-dealkylation sites (tertiary alicyclic amines) is 1. The van der Waals surface area contributed by atoms with Crippen LogP contribution in [0.2, 0.25) is 0 Å². The zero-order chi connectivity index (χ0) is 60.8. The fourth-order valence-electron chi connectivity index (χ4n) is 7.78. The van der Waals surface area contributed by atoms with E-state index in [0.717, 1.165) is 0 Å². The van der Waals surface area contributed by atoms with Gasteiger partial charge in [0.15, 0.2) is 5.96 Å². The van der Waals surface area contributed by atoms with Gasteiger partial charge in [0.1, 0.15) is 60.9 Å². The number of guanidine groups is 1. The minimum absolute atomic E-state index is 0.0221. The molecule has 0 bridgehead atoms. The van der Waals surface area contributed by atoms with Crippen molar-refractivity contribution in [1.29, 1.82) is 0 Å². The molecule has 0 aliphatic carbocycles. The van der Waals surface area contributed by atoms with Crippen LogP contribution in [-0.4, -0.2) is 229 Å². The molecule has 32 nitrogen and oxygen atoms in total. The highest BCUT2D eigenvalue weighted by Crippen LogP contribution is 2.19. The van der Waals surface area contributed by atoms with Crippen molar-refractivity contribution in [2.45, 2.75) is 165 Å². The van der Waals surface area contributed by atoms with Crippen molar-refractivity contribution >= 4 is 76.9 Å². The molecule has 11 amide bonds. The third-order valence-corrected chi connectivity index (χ3v) is 12.4.